The van der Waals surface area contributed by atoms with Crippen LogP contribution in [-0.4, -0.2) is 76.9 Å². The number of aryl methyl sites for hydroxylation is 1. The van der Waals surface area contributed by atoms with Gasteiger partial charge in [0.1, 0.15) is 18.0 Å². The normalized spacial score (nSPS) is 15.0. The number of nitrogens with zero attached hydrogens (tertiary/aromatic N) is 7. The Balaban J connectivity index is 0.00000320. The summed E-state index contributed by atoms with van der Waals surface area (Å²) >= 11 is 0. The predicted octanol–water partition coefficient (Wildman–Crippen LogP) is 1.36. The molecule has 10 heteroatoms. The molecule has 2 N–H and O–H groups in total. The lowest BCUT2D eigenvalue weighted by atomic mass is 10.2. The molecule has 3 heterocycles. The summed E-state index contributed by atoms with van der Waals surface area (Å²) in [4.78, 5) is 14.0. The monoisotopic (exact) mass is 527 g/mol. The molecule has 1 aliphatic rings. The highest BCUT2D eigenvalue weighted by Gasteiger charge is 2.15. The number of anilines is 1. The molecule has 0 saturated carbocycles. The van der Waals surface area contributed by atoms with E-state index in [1.807, 2.05) is 12.3 Å². The number of pyridine rings is 1. The summed E-state index contributed by atoms with van der Waals surface area (Å²) in [7, 11) is 2.16. The van der Waals surface area contributed by atoms with E-state index >= 15 is 0 Å². The average Bonchev–Trinajstić information content (AvgIpc) is 3.20. The highest BCUT2D eigenvalue weighted by atomic mass is 127. The van der Waals surface area contributed by atoms with E-state index in [9.17, 15) is 0 Å². The van der Waals surface area contributed by atoms with Gasteiger partial charge in [-0.2, -0.15) is 0 Å². The zero-order valence-electron chi connectivity index (χ0n) is 18.2. The molecule has 2 aromatic heterocycles. The highest BCUT2D eigenvalue weighted by molar-refractivity contribution is 14.0. The summed E-state index contributed by atoms with van der Waals surface area (Å²) in [5, 5.41) is 14.8. The van der Waals surface area contributed by atoms with Crippen molar-refractivity contribution in [3.63, 3.8) is 0 Å². The zero-order chi connectivity index (χ0) is 20.5. The molecule has 0 radical (unpaired) electrons. The lowest BCUT2D eigenvalue weighted by Crippen LogP contribution is -2.44. The Bertz CT molecular complexity index is 784. The van der Waals surface area contributed by atoms with Gasteiger partial charge in [-0.1, -0.05) is 6.92 Å². The summed E-state index contributed by atoms with van der Waals surface area (Å²) in [5.41, 5.74) is 1.17. The summed E-state index contributed by atoms with van der Waals surface area (Å²) < 4.78 is 2.07. The third-order valence-electron chi connectivity index (χ3n) is 5.06. The first-order valence-electron chi connectivity index (χ1n) is 10.5. The summed E-state index contributed by atoms with van der Waals surface area (Å²) in [6.45, 7) is 11.4. The van der Waals surface area contributed by atoms with E-state index in [2.05, 4.69) is 67.1 Å². The van der Waals surface area contributed by atoms with Crippen molar-refractivity contribution in [2.45, 2.75) is 33.4 Å². The minimum Gasteiger partial charge on any atom is -0.357 e. The Morgan fingerprint density at radius 1 is 1.17 bits per heavy atom. The second kappa shape index (κ2) is 12.7. The lowest BCUT2D eigenvalue weighted by Gasteiger charge is -2.33. The second-order valence-electron chi connectivity index (χ2n) is 7.23. The number of halogens is 1. The number of nitrogens with one attached hydrogen (secondary N) is 2. The molecule has 0 atom stereocenters. The van der Waals surface area contributed by atoms with Gasteiger partial charge < -0.3 is 25.0 Å². The zero-order valence-corrected chi connectivity index (χ0v) is 20.5. The molecule has 166 valence electrons. The summed E-state index contributed by atoms with van der Waals surface area (Å²) in [6.07, 6.45) is 4.55. The van der Waals surface area contributed by atoms with Crippen molar-refractivity contribution >= 4 is 35.8 Å². The van der Waals surface area contributed by atoms with Crippen molar-refractivity contribution in [3.8, 4) is 0 Å². The van der Waals surface area contributed by atoms with E-state index in [-0.39, 0.29) is 24.0 Å². The number of aromatic nitrogens is 4. The number of piperazine rings is 1. The molecule has 1 saturated heterocycles. The van der Waals surface area contributed by atoms with E-state index < -0.39 is 0 Å². The minimum absolute atomic E-state index is 0. The van der Waals surface area contributed by atoms with E-state index in [0.717, 1.165) is 69.8 Å². The maximum Gasteiger partial charge on any atom is 0.191 e. The van der Waals surface area contributed by atoms with Gasteiger partial charge in [-0.05, 0) is 31.7 Å². The standard InChI is InChI=1S/C20H33N9.HI/c1-4-18-26-25-16-29(18)9-8-23-20(21-5-2)24-15-17-6-7-22-19(14-17)28-12-10-27(3)11-13-28;/h6-7,14,16H,4-5,8-13,15H2,1-3H3,(H2,21,23,24);1H. The third-order valence-corrected chi connectivity index (χ3v) is 5.06. The van der Waals surface area contributed by atoms with Crippen molar-refractivity contribution in [2.24, 2.45) is 4.99 Å². The molecule has 1 fully saturated rings. The van der Waals surface area contributed by atoms with Crippen LogP contribution in [0.25, 0.3) is 0 Å². The number of rotatable bonds is 8. The van der Waals surface area contributed by atoms with Gasteiger partial charge in [0.15, 0.2) is 5.96 Å². The SMILES string of the molecule is CCNC(=NCc1ccnc(N2CCN(C)CC2)c1)NCCn1cnnc1CC.I. The topological polar surface area (TPSA) is 86.5 Å². The fourth-order valence-corrected chi connectivity index (χ4v) is 3.31. The van der Waals surface area contributed by atoms with Crippen molar-refractivity contribution in [2.75, 3.05) is 51.2 Å². The van der Waals surface area contributed by atoms with Gasteiger partial charge in [-0.25, -0.2) is 9.98 Å². The molecule has 0 bridgehead atoms. The Morgan fingerprint density at radius 2 is 1.97 bits per heavy atom. The molecular formula is C20H34IN9. The van der Waals surface area contributed by atoms with Crippen LogP contribution in [0.3, 0.4) is 0 Å². The highest BCUT2D eigenvalue weighted by Crippen LogP contribution is 2.15. The average molecular weight is 527 g/mol. The quantitative estimate of drug-likeness (QED) is 0.305. The van der Waals surface area contributed by atoms with Crippen LogP contribution in [0, 0.1) is 0 Å². The van der Waals surface area contributed by atoms with Crippen molar-refractivity contribution < 1.29 is 0 Å². The van der Waals surface area contributed by atoms with Crippen molar-refractivity contribution in [1.29, 1.82) is 0 Å². The minimum atomic E-state index is 0. The van der Waals surface area contributed by atoms with E-state index in [0.29, 0.717) is 6.54 Å². The largest absolute Gasteiger partial charge is 0.357 e. The van der Waals surface area contributed by atoms with Crippen LogP contribution in [0.5, 0.6) is 0 Å². The number of hydrogen-bond acceptors (Lipinski definition) is 6. The van der Waals surface area contributed by atoms with E-state index in [1.54, 1.807) is 6.33 Å². The van der Waals surface area contributed by atoms with Crippen LogP contribution < -0.4 is 15.5 Å². The van der Waals surface area contributed by atoms with Gasteiger partial charge >= 0.3 is 0 Å². The molecule has 3 rings (SSSR count). The Morgan fingerprint density at radius 3 is 2.70 bits per heavy atom. The lowest BCUT2D eigenvalue weighted by molar-refractivity contribution is 0.312. The van der Waals surface area contributed by atoms with Crippen LogP contribution in [0.1, 0.15) is 25.2 Å². The summed E-state index contributed by atoms with van der Waals surface area (Å²) in [5.74, 6) is 2.86. The first-order chi connectivity index (χ1) is 14.2. The predicted molar refractivity (Wildman–Crippen MR) is 132 cm³/mol. The van der Waals surface area contributed by atoms with Crippen LogP contribution >= 0.6 is 24.0 Å². The van der Waals surface area contributed by atoms with Crippen molar-refractivity contribution in [1.82, 2.24) is 35.3 Å². The molecule has 1 aliphatic heterocycles. The number of guanidine groups is 1. The van der Waals surface area contributed by atoms with Crippen LogP contribution in [0.4, 0.5) is 5.82 Å². The van der Waals surface area contributed by atoms with Crippen LogP contribution in [0.15, 0.2) is 29.6 Å². The van der Waals surface area contributed by atoms with E-state index in [4.69, 9.17) is 4.99 Å². The first-order valence-corrected chi connectivity index (χ1v) is 10.5. The maximum absolute atomic E-state index is 4.74. The molecular weight excluding hydrogens is 493 g/mol. The molecule has 0 amide bonds. The second-order valence-corrected chi connectivity index (χ2v) is 7.23. The van der Waals surface area contributed by atoms with Gasteiger partial charge in [0.05, 0.1) is 6.54 Å². The fraction of sp³-hybridized carbons (Fsp3) is 0.600. The first kappa shape index (κ1) is 24.3. The molecule has 9 nitrogen and oxygen atoms in total. The Labute approximate surface area is 196 Å². The van der Waals surface area contributed by atoms with Gasteiger partial charge in [0.25, 0.3) is 0 Å². The number of aliphatic imine (C=N–C) groups is 1. The Kier molecular flexibility index (Phi) is 10.3. The van der Waals surface area contributed by atoms with Gasteiger partial charge in [-0.3, -0.25) is 0 Å². The molecule has 2 aromatic rings. The van der Waals surface area contributed by atoms with Gasteiger partial charge in [0, 0.05) is 58.4 Å². The van der Waals surface area contributed by atoms with Crippen LogP contribution in [0.2, 0.25) is 0 Å². The summed E-state index contributed by atoms with van der Waals surface area (Å²) in [6, 6.07) is 4.19. The molecule has 0 aromatic carbocycles. The fourth-order valence-electron chi connectivity index (χ4n) is 3.31. The third kappa shape index (κ3) is 7.08. The smallest absolute Gasteiger partial charge is 0.191 e. The van der Waals surface area contributed by atoms with Crippen molar-refractivity contribution in [3.05, 3.63) is 36.0 Å². The van der Waals surface area contributed by atoms with Crippen LogP contribution in [-0.2, 0) is 19.5 Å². The van der Waals surface area contributed by atoms with E-state index in [1.165, 1.54) is 5.56 Å². The number of hydrogen-bond donors (Lipinski definition) is 2. The van der Waals surface area contributed by atoms with Gasteiger partial charge in [0.2, 0.25) is 0 Å². The maximum atomic E-state index is 4.74. The molecule has 0 aliphatic carbocycles. The molecule has 30 heavy (non-hydrogen) atoms. The molecule has 0 spiro atoms. The molecule has 0 unspecified atom stereocenters. The number of likely N-dealkylation sites (N-methyl/N-ethyl adjacent to an activating group) is 1. The Hall–Kier alpha value is -1.95. The van der Waals surface area contributed by atoms with Gasteiger partial charge in [-0.15, -0.1) is 34.2 Å².